The Morgan fingerprint density at radius 2 is 0.306 bits per heavy atom. The van der Waals surface area contributed by atoms with Gasteiger partial charge in [-0.25, -0.2) is 0 Å². The van der Waals surface area contributed by atoms with Crippen molar-refractivity contribution < 1.29 is 304 Å². The van der Waals surface area contributed by atoms with Crippen LogP contribution in [0.1, 0.15) is 145 Å². The Hall–Kier alpha value is -9.02. The van der Waals surface area contributed by atoms with Gasteiger partial charge in [-0.2, -0.15) is 237 Å². The van der Waals surface area contributed by atoms with Crippen molar-refractivity contribution in [2.45, 2.75) is 256 Å². The number of ketones is 6. The third-order valence-electron chi connectivity index (χ3n) is 15.9. The molecule has 0 unspecified atom stereocenters. The van der Waals surface area contributed by atoms with E-state index in [1.807, 2.05) is 27.7 Å². The Kier molecular flexibility index (Phi) is 63.7. The fraction of sp³-hybridized carbons (Fsp3) is 0.829. The molecule has 74 heteroatoms. The average Bonchev–Trinajstić information content (AvgIpc) is 0.800. The van der Waals surface area contributed by atoms with Gasteiger partial charge in [-0.3, -0.25) is 57.5 Å². The van der Waals surface area contributed by atoms with Gasteiger partial charge in [0.2, 0.25) is 35.4 Å². The number of alkyl halides is 54. The number of rotatable bonds is 38. The van der Waals surface area contributed by atoms with Crippen LogP contribution in [0.2, 0.25) is 0 Å². The van der Waals surface area contributed by atoms with E-state index in [2.05, 4.69) is 0 Å². The van der Waals surface area contributed by atoms with Gasteiger partial charge in [0.05, 0.1) is 51.7 Å². The fourth-order valence-electron chi connectivity index (χ4n) is 9.88. The zero-order valence-electron chi connectivity index (χ0n) is 74.0. The van der Waals surface area contributed by atoms with E-state index in [1.54, 1.807) is 27.7 Å². The normalized spacial score (nSPS) is 13.0. The summed E-state index contributed by atoms with van der Waals surface area (Å²) in [6, 6.07) is 0. The topological polar surface area (TPSA) is 243 Å². The summed E-state index contributed by atoms with van der Waals surface area (Å²) in [6.07, 6.45) is -111. The van der Waals surface area contributed by atoms with Crippen LogP contribution in [0.15, 0.2) is 0 Å². The average molecular weight is 2260 g/mol. The molecule has 0 spiro atoms. The lowest BCUT2D eigenvalue weighted by Gasteiger charge is -2.36. The van der Waals surface area contributed by atoms with E-state index in [4.69, 9.17) is 9.47 Å². The lowest BCUT2D eigenvalue weighted by atomic mass is 9.78. The molecule has 0 bridgehead atoms. The van der Waals surface area contributed by atoms with E-state index in [1.165, 1.54) is 19.6 Å². The van der Waals surface area contributed by atoms with Crippen molar-refractivity contribution in [3.8, 4) is 0 Å². The number of carbonyl (C=O) groups is 12. The smallest absolute Gasteiger partial charge is 0.371 e. The summed E-state index contributed by atoms with van der Waals surface area (Å²) >= 11 is 0. The van der Waals surface area contributed by atoms with Crippen molar-refractivity contribution >= 4 is 70.1 Å². The number of carbonyl (C=O) groups excluding carboxylic acids is 12. The second-order valence-corrected chi connectivity index (χ2v) is 28.5. The molecule has 20 nitrogen and oxygen atoms in total. The first-order chi connectivity index (χ1) is 63.3. The van der Waals surface area contributed by atoms with Gasteiger partial charge in [0.25, 0.3) is 0 Å². The Labute approximate surface area is 775 Å². The SMILES string of the molecule is CCCCN(CCCC)C(=O)CN(CC(=O)N(CCCC)CCCC)C(=O)COCC(CC(F)(F)F)(CC(F)(F)F)CC(F)(F)F.CCN(CC)C(=O)CN(CC(=O)N(CC)CC)C(=O)COCC(CC(F)(F)F)(CC(F)(F)F)CC(F)(F)F.O=C(C(F)(F)F)C(F)(F)F.O=C(C(F)(F)F)C(F)(F)F.O=C(C(F)(F)F)C(F)(F)F.O=C(C(F)(F)F)C(F)(F)F.O=C(C(F)(F)F)C(F)(F)F.O=C(C(F)(F)F)C(F)(F)F. The van der Waals surface area contributed by atoms with Crippen LogP contribution in [-0.4, -0.2) is 316 Å². The molecular weight excluding hydrogens is 2170 g/mol. The number of halogens is 54. The minimum atomic E-state index is -5.82. The molecule has 856 valence electrons. The van der Waals surface area contributed by atoms with Crippen LogP contribution in [0.4, 0.5) is 237 Å². The maximum Gasteiger partial charge on any atom is 0.459 e. The van der Waals surface area contributed by atoms with E-state index in [-0.39, 0.29) is 26.2 Å². The molecule has 144 heavy (non-hydrogen) atoms. The fourth-order valence-corrected chi connectivity index (χ4v) is 9.88. The summed E-state index contributed by atoms with van der Waals surface area (Å²) in [6.45, 7) is 8.15. The van der Waals surface area contributed by atoms with Gasteiger partial charge in [0.15, 0.2) is 0 Å². The van der Waals surface area contributed by atoms with E-state index in [0.717, 1.165) is 30.6 Å². The van der Waals surface area contributed by atoms with E-state index in [0.29, 0.717) is 56.8 Å². The Bertz CT molecular complexity index is 3290. The van der Waals surface area contributed by atoms with Crippen molar-refractivity contribution in [3.63, 3.8) is 0 Å². The highest BCUT2D eigenvalue weighted by molar-refractivity contribution is 5.93. The maximum absolute atomic E-state index is 13.3. The molecule has 0 aliphatic heterocycles. The predicted molar refractivity (Wildman–Crippen MR) is 375 cm³/mol. The minimum absolute atomic E-state index is 0.243. The minimum Gasteiger partial charge on any atom is -0.371 e. The number of hydrogen-bond donors (Lipinski definition) is 0. The first kappa shape index (κ1) is 150. The third-order valence-corrected chi connectivity index (χ3v) is 15.9. The molecule has 0 aliphatic rings. The van der Waals surface area contributed by atoms with Crippen molar-refractivity contribution in [2.75, 3.05) is 105 Å². The molecule has 0 aromatic carbocycles. The van der Waals surface area contributed by atoms with E-state index < -0.39 is 283 Å². The van der Waals surface area contributed by atoms with Crippen molar-refractivity contribution in [1.82, 2.24) is 29.4 Å². The van der Waals surface area contributed by atoms with Gasteiger partial charge in [-0.05, 0) is 53.4 Å². The Morgan fingerprint density at radius 1 is 0.181 bits per heavy atom. The molecule has 0 atom stereocenters. The van der Waals surface area contributed by atoms with Gasteiger partial charge in [-0.15, -0.1) is 0 Å². The lowest BCUT2D eigenvalue weighted by molar-refractivity contribution is -0.238. The van der Waals surface area contributed by atoms with Crippen LogP contribution in [0.25, 0.3) is 0 Å². The van der Waals surface area contributed by atoms with Gasteiger partial charge in [0.1, 0.15) is 39.4 Å². The Morgan fingerprint density at radius 3 is 0.403 bits per heavy atom. The number of likely N-dealkylation sites (N-methyl/N-ethyl adjacent to an activating group) is 2. The van der Waals surface area contributed by atoms with Crippen LogP contribution in [-0.2, 0) is 67.0 Å². The van der Waals surface area contributed by atoms with Crippen molar-refractivity contribution in [2.24, 2.45) is 10.8 Å². The highest BCUT2D eigenvalue weighted by Crippen LogP contribution is 2.51. The molecule has 0 heterocycles. The third kappa shape index (κ3) is 74.0. The molecular formula is C70H84F54N6O14. The first-order valence-electron chi connectivity index (χ1n) is 38.7. The van der Waals surface area contributed by atoms with Crippen LogP contribution in [0.3, 0.4) is 0 Å². The van der Waals surface area contributed by atoms with Gasteiger partial charge < -0.3 is 38.9 Å². The maximum atomic E-state index is 13.3. The van der Waals surface area contributed by atoms with Crippen LogP contribution in [0.5, 0.6) is 0 Å². The molecule has 0 fully saturated rings. The second-order valence-electron chi connectivity index (χ2n) is 28.5. The van der Waals surface area contributed by atoms with Gasteiger partial charge >= 0.3 is 146 Å². The molecule has 6 amide bonds. The summed E-state index contributed by atoms with van der Waals surface area (Å²) in [7, 11) is 0. The summed E-state index contributed by atoms with van der Waals surface area (Å²) in [5.74, 6) is -26.6. The molecule has 0 aliphatic carbocycles. The van der Waals surface area contributed by atoms with Crippen molar-refractivity contribution in [1.29, 1.82) is 0 Å². The zero-order valence-corrected chi connectivity index (χ0v) is 74.0. The number of unbranched alkanes of at least 4 members (excludes halogenated alkanes) is 4. The number of ether oxygens (including phenoxy) is 2. The predicted octanol–water partition coefficient (Wildman–Crippen LogP) is 22.0. The summed E-state index contributed by atoms with van der Waals surface area (Å²) in [4.78, 5) is 140. The molecule has 0 saturated heterocycles. The summed E-state index contributed by atoms with van der Waals surface area (Å²) in [5.41, 5.74) is -6.96. The number of amides is 6. The second kappa shape index (κ2) is 61.1. The highest BCUT2D eigenvalue weighted by Gasteiger charge is 2.62. The standard InChI is InChI=1S/C30H50F9N3O4.C22H34F9N3O4.6C3F6O/c1-5-9-13-40(14-10-6-2)24(43)17-42(18-25(44)41(15-11-7-3)16-12-8-4)26(45)19-46-23-27(20-28(31,32)33,21-29(34,35)36)22-30(37,38)39;1-5-32(6-2)16(35)9-34(10-17(36)33(7-3)8-4)18(37)11-38-15-19(12-20(23,24)25,13-21(26,27)28)14-22(29,30)31;6*4-2(5,6)1(10)3(7,8)9/h5-23H2,1-4H3;5-15H2,1-4H3;;;;;;. The van der Waals surface area contributed by atoms with Crippen LogP contribution >= 0.6 is 0 Å². The number of Topliss-reactive ketones (excluding diaryl/α,β-unsaturated/α-hetero) is 6. The monoisotopic (exact) mass is 2260 g/mol. The number of nitrogens with zero attached hydrogens (tertiary/aromatic N) is 6. The van der Waals surface area contributed by atoms with Crippen molar-refractivity contribution in [3.05, 3.63) is 0 Å². The Balaban J connectivity index is -0.000000275. The van der Waals surface area contributed by atoms with Crippen LogP contribution in [0, 0.1) is 10.8 Å². The molecule has 0 N–H and O–H groups in total. The molecule has 0 rings (SSSR count). The quantitative estimate of drug-likeness (QED) is 0.0522. The molecule has 0 aromatic rings. The zero-order chi connectivity index (χ0) is 117. The van der Waals surface area contributed by atoms with Gasteiger partial charge in [0, 0.05) is 63.2 Å². The van der Waals surface area contributed by atoms with E-state index >= 15 is 0 Å². The van der Waals surface area contributed by atoms with Crippen LogP contribution < -0.4 is 0 Å². The summed E-state index contributed by atoms with van der Waals surface area (Å²) in [5, 5.41) is 0. The molecule has 0 aromatic heterocycles. The largest absolute Gasteiger partial charge is 0.459 e. The molecule has 0 radical (unpaired) electrons. The highest BCUT2D eigenvalue weighted by atomic mass is 19.5. The van der Waals surface area contributed by atoms with E-state index in [9.17, 15) is 295 Å². The molecule has 0 saturated carbocycles. The number of hydrogen-bond acceptors (Lipinski definition) is 14. The summed E-state index contributed by atoms with van der Waals surface area (Å²) < 4.78 is 638. The van der Waals surface area contributed by atoms with Gasteiger partial charge in [-0.1, -0.05) is 53.4 Å². The first-order valence-corrected chi connectivity index (χ1v) is 38.7. The lowest BCUT2D eigenvalue weighted by Crippen LogP contribution is -2.49.